The number of benzene rings is 3. The molecule has 0 saturated carbocycles. The average Bonchev–Trinajstić information content (AvgIpc) is 3.34. The molecule has 0 aliphatic carbocycles. The van der Waals surface area contributed by atoms with Crippen LogP contribution in [0.3, 0.4) is 0 Å². The van der Waals surface area contributed by atoms with Gasteiger partial charge in [-0.1, -0.05) is 36.4 Å². The molecule has 4 aromatic rings. The lowest BCUT2D eigenvalue weighted by molar-refractivity contribution is -0.139. The summed E-state index contributed by atoms with van der Waals surface area (Å²) in [5.41, 5.74) is 3.71. The Balaban J connectivity index is 1.92. The van der Waals surface area contributed by atoms with E-state index < -0.39 is 12.6 Å². The summed E-state index contributed by atoms with van der Waals surface area (Å²) in [5, 5.41) is 14.1. The number of carboxylic acid groups (broad SMARTS) is 1. The number of hydrogen-bond donors (Lipinski definition) is 1. The molecule has 0 aliphatic heterocycles. The van der Waals surface area contributed by atoms with E-state index in [4.69, 9.17) is 28.8 Å². The first-order chi connectivity index (χ1) is 18.0. The maximum Gasteiger partial charge on any atom is 0.341 e. The number of carbonyl (C=O) groups is 1. The van der Waals surface area contributed by atoms with Crippen LogP contribution in [0.1, 0.15) is 5.56 Å². The molecule has 3 aromatic carbocycles. The van der Waals surface area contributed by atoms with Gasteiger partial charge in [-0.3, -0.25) is 4.68 Å². The Morgan fingerprint density at radius 1 is 0.784 bits per heavy atom. The SMILES string of the molecule is COc1cc(OCC(=O)O)c(-c2cc(-c3cccc(OC)c3OC)n(Cc3ccccc3)n2)cc1OC. The van der Waals surface area contributed by atoms with Crippen LogP contribution in [-0.2, 0) is 11.3 Å². The molecule has 0 amide bonds. The number of aromatic nitrogens is 2. The van der Waals surface area contributed by atoms with Crippen molar-refractivity contribution in [3.8, 4) is 51.3 Å². The fraction of sp³-hybridized carbons (Fsp3) is 0.214. The normalized spacial score (nSPS) is 10.6. The summed E-state index contributed by atoms with van der Waals surface area (Å²) in [6.07, 6.45) is 0. The van der Waals surface area contributed by atoms with Crippen LogP contribution in [0.2, 0.25) is 0 Å². The van der Waals surface area contributed by atoms with Gasteiger partial charge in [-0.15, -0.1) is 0 Å². The summed E-state index contributed by atoms with van der Waals surface area (Å²) in [4.78, 5) is 11.2. The van der Waals surface area contributed by atoms with E-state index in [2.05, 4.69) is 0 Å². The summed E-state index contributed by atoms with van der Waals surface area (Å²) in [6, 6.07) is 20.8. The summed E-state index contributed by atoms with van der Waals surface area (Å²) in [5.74, 6) is 1.22. The Morgan fingerprint density at radius 2 is 1.49 bits per heavy atom. The number of rotatable bonds is 11. The third kappa shape index (κ3) is 5.45. The van der Waals surface area contributed by atoms with Gasteiger partial charge < -0.3 is 28.8 Å². The molecule has 0 aliphatic rings. The molecule has 1 aromatic heterocycles. The van der Waals surface area contributed by atoms with E-state index in [-0.39, 0.29) is 0 Å². The molecule has 0 atom stereocenters. The standard InChI is InChI=1S/C28H28N2O7/c1-33-23-12-8-11-19(28(23)36-4)22-14-21(29-30(22)16-18-9-6-5-7-10-18)20-13-25(34-2)26(35-3)15-24(20)37-17-27(31)32/h5-15H,16-17H2,1-4H3,(H,31,32). The molecule has 0 radical (unpaired) electrons. The van der Waals surface area contributed by atoms with Gasteiger partial charge in [0.1, 0.15) is 5.75 Å². The minimum absolute atomic E-state index is 0.300. The molecule has 9 heteroatoms. The Morgan fingerprint density at radius 3 is 2.14 bits per heavy atom. The van der Waals surface area contributed by atoms with E-state index in [9.17, 15) is 9.90 Å². The van der Waals surface area contributed by atoms with E-state index in [1.165, 1.54) is 14.2 Å². The van der Waals surface area contributed by atoms with Gasteiger partial charge in [-0.05, 0) is 29.8 Å². The lowest BCUT2D eigenvalue weighted by atomic mass is 10.1. The number of aliphatic carboxylic acids is 1. The predicted molar refractivity (Wildman–Crippen MR) is 138 cm³/mol. The molecule has 1 heterocycles. The highest BCUT2D eigenvalue weighted by molar-refractivity contribution is 5.79. The highest BCUT2D eigenvalue weighted by Crippen LogP contribution is 2.43. The second-order valence-corrected chi connectivity index (χ2v) is 7.98. The van der Waals surface area contributed by atoms with E-state index >= 15 is 0 Å². The van der Waals surface area contributed by atoms with Gasteiger partial charge >= 0.3 is 5.97 Å². The zero-order valence-corrected chi connectivity index (χ0v) is 21.1. The fourth-order valence-corrected chi connectivity index (χ4v) is 4.05. The van der Waals surface area contributed by atoms with E-state index in [1.807, 2.05) is 59.3 Å². The zero-order valence-electron chi connectivity index (χ0n) is 21.1. The van der Waals surface area contributed by atoms with Crippen molar-refractivity contribution in [3.05, 3.63) is 72.3 Å². The number of methoxy groups -OCH3 is 4. The van der Waals surface area contributed by atoms with Crippen molar-refractivity contribution in [2.75, 3.05) is 35.0 Å². The van der Waals surface area contributed by atoms with Crippen molar-refractivity contribution in [1.82, 2.24) is 9.78 Å². The molecule has 9 nitrogen and oxygen atoms in total. The van der Waals surface area contributed by atoms with Gasteiger partial charge in [0.2, 0.25) is 0 Å². The molecule has 0 unspecified atom stereocenters. The highest BCUT2D eigenvalue weighted by atomic mass is 16.5. The van der Waals surface area contributed by atoms with Crippen LogP contribution in [-0.4, -0.2) is 55.9 Å². The topological polar surface area (TPSA) is 101 Å². The molecule has 0 fully saturated rings. The molecule has 37 heavy (non-hydrogen) atoms. The second kappa shape index (κ2) is 11.4. The quantitative estimate of drug-likeness (QED) is 0.312. The number of carboxylic acids is 1. The first-order valence-electron chi connectivity index (χ1n) is 11.4. The van der Waals surface area contributed by atoms with E-state index in [0.29, 0.717) is 46.5 Å². The molecule has 1 N–H and O–H groups in total. The first kappa shape index (κ1) is 25.4. The third-order valence-electron chi connectivity index (χ3n) is 5.75. The van der Waals surface area contributed by atoms with Crippen molar-refractivity contribution in [1.29, 1.82) is 0 Å². The summed E-state index contributed by atoms with van der Waals surface area (Å²) in [6.45, 7) is -0.0427. The van der Waals surface area contributed by atoms with Gasteiger partial charge in [0, 0.05) is 17.2 Å². The van der Waals surface area contributed by atoms with Gasteiger partial charge in [0.05, 0.1) is 46.4 Å². The third-order valence-corrected chi connectivity index (χ3v) is 5.75. The minimum Gasteiger partial charge on any atom is -0.493 e. The Hall–Kier alpha value is -4.66. The zero-order chi connectivity index (χ0) is 26.4. The molecule has 0 saturated heterocycles. The van der Waals surface area contributed by atoms with Gasteiger partial charge in [0.15, 0.2) is 29.6 Å². The Bertz CT molecular complexity index is 1380. The molecule has 192 valence electrons. The molecular formula is C28H28N2O7. The van der Waals surface area contributed by atoms with Crippen LogP contribution in [0.15, 0.2) is 66.7 Å². The monoisotopic (exact) mass is 504 g/mol. The highest BCUT2D eigenvalue weighted by Gasteiger charge is 2.22. The van der Waals surface area contributed by atoms with E-state index in [0.717, 1.165) is 16.8 Å². The maximum atomic E-state index is 11.2. The fourth-order valence-electron chi connectivity index (χ4n) is 4.05. The smallest absolute Gasteiger partial charge is 0.341 e. The summed E-state index contributed by atoms with van der Waals surface area (Å²) >= 11 is 0. The molecular weight excluding hydrogens is 476 g/mol. The van der Waals surface area contributed by atoms with Gasteiger partial charge in [-0.2, -0.15) is 5.10 Å². The van der Waals surface area contributed by atoms with Crippen LogP contribution in [0.4, 0.5) is 0 Å². The number of hydrogen-bond acceptors (Lipinski definition) is 7. The Labute approximate surface area is 214 Å². The molecule has 4 rings (SSSR count). The maximum absolute atomic E-state index is 11.2. The van der Waals surface area contributed by atoms with Crippen molar-refractivity contribution < 1.29 is 33.6 Å². The second-order valence-electron chi connectivity index (χ2n) is 7.98. The molecule has 0 spiro atoms. The lowest BCUT2D eigenvalue weighted by Gasteiger charge is -2.14. The number of ether oxygens (including phenoxy) is 5. The van der Waals surface area contributed by atoms with E-state index in [1.54, 1.807) is 26.4 Å². The van der Waals surface area contributed by atoms with Gasteiger partial charge in [0.25, 0.3) is 0 Å². The Kier molecular flexibility index (Phi) is 7.83. The van der Waals surface area contributed by atoms with Crippen LogP contribution in [0.5, 0.6) is 28.7 Å². The largest absolute Gasteiger partial charge is 0.493 e. The van der Waals surface area contributed by atoms with Crippen molar-refractivity contribution >= 4 is 5.97 Å². The van der Waals surface area contributed by atoms with Crippen molar-refractivity contribution in [2.24, 2.45) is 0 Å². The van der Waals surface area contributed by atoms with Crippen LogP contribution in [0.25, 0.3) is 22.5 Å². The summed E-state index contributed by atoms with van der Waals surface area (Å²) in [7, 11) is 6.20. The van der Waals surface area contributed by atoms with Crippen molar-refractivity contribution in [3.63, 3.8) is 0 Å². The first-order valence-corrected chi connectivity index (χ1v) is 11.4. The number of nitrogens with zero attached hydrogens (tertiary/aromatic N) is 2. The number of para-hydroxylation sites is 1. The van der Waals surface area contributed by atoms with Gasteiger partial charge in [-0.25, -0.2) is 4.79 Å². The van der Waals surface area contributed by atoms with Crippen LogP contribution >= 0.6 is 0 Å². The predicted octanol–water partition coefficient (Wildman–Crippen LogP) is 4.76. The lowest BCUT2D eigenvalue weighted by Crippen LogP contribution is -2.10. The summed E-state index contributed by atoms with van der Waals surface area (Å²) < 4.78 is 29.6. The van der Waals surface area contributed by atoms with Crippen LogP contribution < -0.4 is 23.7 Å². The average molecular weight is 505 g/mol. The molecule has 0 bridgehead atoms. The minimum atomic E-state index is -1.10. The van der Waals surface area contributed by atoms with Crippen LogP contribution in [0, 0.1) is 0 Å². The van der Waals surface area contributed by atoms with Crippen molar-refractivity contribution in [2.45, 2.75) is 6.54 Å².